The van der Waals surface area contributed by atoms with E-state index in [1.165, 1.54) is 0 Å². The summed E-state index contributed by atoms with van der Waals surface area (Å²) in [6.45, 7) is 0.280. The Hall–Kier alpha value is -2.81. The van der Waals surface area contributed by atoms with E-state index in [-0.39, 0.29) is 34.9 Å². The molecular weight excluding hydrogens is 320 g/mol. The average molecular weight is 332 g/mol. The molecule has 1 aliphatic rings. The molecule has 1 N–H and O–H groups in total. The van der Waals surface area contributed by atoms with Gasteiger partial charge in [-0.1, -0.05) is 18.2 Å². The number of anilines is 2. The number of benzene rings is 1. The van der Waals surface area contributed by atoms with Crippen LogP contribution in [0.3, 0.4) is 0 Å². The van der Waals surface area contributed by atoms with Crippen LogP contribution in [0.2, 0.25) is 0 Å². The fraction of sp³-hybridized carbons (Fsp3) is 0.214. The van der Waals surface area contributed by atoms with Gasteiger partial charge in [0.25, 0.3) is 0 Å². The summed E-state index contributed by atoms with van der Waals surface area (Å²) in [6, 6.07) is 9.11. The molecule has 1 fully saturated rings. The van der Waals surface area contributed by atoms with Crippen LogP contribution in [-0.2, 0) is 9.59 Å². The third-order valence-electron chi connectivity index (χ3n) is 3.47. The summed E-state index contributed by atoms with van der Waals surface area (Å²) in [5.41, 5.74) is 0.748. The van der Waals surface area contributed by atoms with E-state index >= 15 is 0 Å². The summed E-state index contributed by atoms with van der Waals surface area (Å²) in [6.07, 6.45) is 1.20. The third-order valence-corrected chi connectivity index (χ3v) is 4.33. The lowest BCUT2D eigenvalue weighted by Gasteiger charge is -2.16. The van der Waals surface area contributed by atoms with Gasteiger partial charge in [-0.25, -0.2) is 4.98 Å². The van der Waals surface area contributed by atoms with Crippen LogP contribution in [0.25, 0.3) is 0 Å². The van der Waals surface area contributed by atoms with E-state index in [1.807, 2.05) is 30.3 Å². The molecule has 2 aromatic rings. The van der Waals surface area contributed by atoms with Crippen LogP contribution in [0, 0.1) is 16.0 Å². The highest BCUT2D eigenvalue weighted by Gasteiger charge is 2.35. The maximum atomic E-state index is 12.2. The van der Waals surface area contributed by atoms with E-state index in [4.69, 9.17) is 0 Å². The topological polar surface area (TPSA) is 105 Å². The summed E-state index contributed by atoms with van der Waals surface area (Å²) in [7, 11) is 0. The van der Waals surface area contributed by atoms with Crippen LogP contribution in [0.1, 0.15) is 6.42 Å². The Morgan fingerprint density at radius 1 is 1.39 bits per heavy atom. The monoisotopic (exact) mass is 332 g/mol. The van der Waals surface area contributed by atoms with E-state index < -0.39 is 10.8 Å². The molecule has 0 bridgehead atoms. The molecule has 2 heterocycles. The van der Waals surface area contributed by atoms with Gasteiger partial charge < -0.3 is 10.2 Å². The second kappa shape index (κ2) is 6.13. The van der Waals surface area contributed by atoms with Crippen molar-refractivity contribution in [1.82, 2.24) is 4.98 Å². The summed E-state index contributed by atoms with van der Waals surface area (Å²) < 4.78 is 0. The molecule has 0 unspecified atom stereocenters. The predicted molar refractivity (Wildman–Crippen MR) is 84.3 cm³/mol. The van der Waals surface area contributed by atoms with E-state index in [1.54, 1.807) is 4.90 Å². The predicted octanol–water partition coefficient (Wildman–Crippen LogP) is 2.04. The number of nitro groups is 1. The molecule has 0 radical (unpaired) electrons. The van der Waals surface area contributed by atoms with Gasteiger partial charge in [0.2, 0.25) is 11.8 Å². The molecule has 9 heteroatoms. The minimum atomic E-state index is -0.566. The van der Waals surface area contributed by atoms with Crippen LogP contribution in [0.4, 0.5) is 15.8 Å². The highest BCUT2D eigenvalue weighted by Crippen LogP contribution is 2.28. The summed E-state index contributed by atoms with van der Waals surface area (Å²) in [5, 5.41) is 13.2. The molecule has 8 nitrogen and oxygen atoms in total. The van der Waals surface area contributed by atoms with Crippen LogP contribution in [0.5, 0.6) is 0 Å². The molecule has 1 aromatic heterocycles. The smallest absolute Gasteiger partial charge is 0.312 e. The van der Waals surface area contributed by atoms with Crippen molar-refractivity contribution in [1.29, 1.82) is 0 Å². The second-order valence-electron chi connectivity index (χ2n) is 4.99. The van der Waals surface area contributed by atoms with Crippen LogP contribution < -0.4 is 10.2 Å². The first-order chi connectivity index (χ1) is 11.0. The maximum Gasteiger partial charge on any atom is 0.345 e. The largest absolute Gasteiger partial charge is 0.345 e. The lowest BCUT2D eigenvalue weighted by atomic mass is 10.1. The van der Waals surface area contributed by atoms with Gasteiger partial charge in [0.05, 0.1) is 10.8 Å². The number of nitrogens with zero attached hydrogens (tertiary/aromatic N) is 3. The van der Waals surface area contributed by atoms with Gasteiger partial charge in [-0.2, -0.15) is 0 Å². The Balaban J connectivity index is 1.67. The Morgan fingerprint density at radius 2 is 2.13 bits per heavy atom. The Bertz CT molecular complexity index is 761. The van der Waals surface area contributed by atoms with Crippen molar-refractivity contribution in [2.45, 2.75) is 6.42 Å². The van der Waals surface area contributed by atoms with Crippen molar-refractivity contribution in [2.24, 2.45) is 5.92 Å². The number of aromatic nitrogens is 1. The first-order valence-electron chi connectivity index (χ1n) is 6.81. The molecule has 0 saturated carbocycles. The third kappa shape index (κ3) is 3.19. The number of rotatable bonds is 4. The number of para-hydroxylation sites is 1. The molecule has 3 rings (SSSR count). The minimum absolute atomic E-state index is 0.105. The molecule has 0 aliphatic carbocycles. The molecule has 1 atom stereocenters. The zero-order chi connectivity index (χ0) is 16.4. The van der Waals surface area contributed by atoms with Crippen molar-refractivity contribution in [2.75, 3.05) is 16.8 Å². The Labute approximate surface area is 134 Å². The normalized spacial score (nSPS) is 17.3. The van der Waals surface area contributed by atoms with E-state index in [0.29, 0.717) is 0 Å². The first kappa shape index (κ1) is 15.1. The maximum absolute atomic E-state index is 12.2. The van der Waals surface area contributed by atoms with Gasteiger partial charge in [-0.15, -0.1) is 0 Å². The molecular formula is C14H12N4O4S. The molecule has 1 aliphatic heterocycles. The number of hydrogen-bond acceptors (Lipinski definition) is 6. The van der Waals surface area contributed by atoms with Crippen molar-refractivity contribution < 1.29 is 14.5 Å². The number of nitrogens with one attached hydrogen (secondary N) is 1. The minimum Gasteiger partial charge on any atom is -0.312 e. The summed E-state index contributed by atoms with van der Waals surface area (Å²) in [4.78, 5) is 39.7. The zero-order valence-electron chi connectivity index (χ0n) is 11.8. The molecule has 1 aromatic carbocycles. The van der Waals surface area contributed by atoms with Crippen LogP contribution >= 0.6 is 11.3 Å². The Morgan fingerprint density at radius 3 is 2.78 bits per heavy atom. The van der Waals surface area contributed by atoms with E-state index in [0.717, 1.165) is 23.2 Å². The van der Waals surface area contributed by atoms with E-state index in [2.05, 4.69) is 10.3 Å². The summed E-state index contributed by atoms with van der Waals surface area (Å²) in [5.74, 6) is -0.992. The molecule has 118 valence electrons. The SMILES string of the molecule is O=C(Nc1ncc([N+](=O)[O-])s1)[C@H]1CC(=O)N(c2ccccc2)C1. The molecule has 1 saturated heterocycles. The second-order valence-corrected chi connectivity index (χ2v) is 6.00. The van der Waals surface area contributed by atoms with E-state index in [9.17, 15) is 19.7 Å². The molecule has 2 amide bonds. The number of carbonyl (C=O) groups excluding carboxylic acids is 2. The van der Waals surface area contributed by atoms with Crippen molar-refractivity contribution in [3.05, 3.63) is 46.6 Å². The highest BCUT2D eigenvalue weighted by atomic mass is 32.1. The lowest BCUT2D eigenvalue weighted by molar-refractivity contribution is -0.380. The van der Waals surface area contributed by atoms with Crippen molar-refractivity contribution in [3.8, 4) is 0 Å². The fourth-order valence-electron chi connectivity index (χ4n) is 2.36. The number of amides is 2. The Kier molecular flexibility index (Phi) is 4.02. The van der Waals surface area contributed by atoms with Crippen molar-refractivity contribution >= 4 is 39.0 Å². The molecule has 0 spiro atoms. The van der Waals surface area contributed by atoms with Gasteiger partial charge in [0, 0.05) is 18.7 Å². The number of carbonyl (C=O) groups is 2. The van der Waals surface area contributed by atoms with Gasteiger partial charge in [-0.3, -0.25) is 19.7 Å². The molecule has 23 heavy (non-hydrogen) atoms. The fourth-order valence-corrected chi connectivity index (χ4v) is 2.99. The number of thiazole rings is 1. The number of hydrogen-bond donors (Lipinski definition) is 1. The highest BCUT2D eigenvalue weighted by molar-refractivity contribution is 7.18. The summed E-state index contributed by atoms with van der Waals surface area (Å²) >= 11 is 0.785. The van der Waals surface area contributed by atoms with Gasteiger partial charge in [-0.05, 0) is 23.5 Å². The first-order valence-corrected chi connectivity index (χ1v) is 7.63. The standard InChI is InChI=1S/C14H12N4O4S/c19-11-6-9(8-17(11)10-4-2-1-3-5-10)13(20)16-14-15-7-12(23-14)18(21)22/h1-5,7,9H,6,8H2,(H,15,16,20)/t9-/m0/s1. The van der Waals surface area contributed by atoms with Crippen LogP contribution in [0.15, 0.2) is 36.5 Å². The van der Waals surface area contributed by atoms with Gasteiger partial charge >= 0.3 is 5.00 Å². The average Bonchev–Trinajstić information content (AvgIpc) is 3.15. The van der Waals surface area contributed by atoms with Crippen LogP contribution in [-0.4, -0.2) is 28.3 Å². The van der Waals surface area contributed by atoms with Gasteiger partial charge in [0.1, 0.15) is 6.20 Å². The zero-order valence-corrected chi connectivity index (χ0v) is 12.7. The lowest BCUT2D eigenvalue weighted by Crippen LogP contribution is -2.28. The van der Waals surface area contributed by atoms with Gasteiger partial charge in [0.15, 0.2) is 5.13 Å². The van der Waals surface area contributed by atoms with Crippen molar-refractivity contribution in [3.63, 3.8) is 0 Å². The quantitative estimate of drug-likeness (QED) is 0.681.